The zero-order chi connectivity index (χ0) is 12.5. The molecule has 0 radical (unpaired) electrons. The van der Waals surface area contributed by atoms with Crippen LogP contribution in [0.4, 0.5) is 5.69 Å². The molecule has 2 heteroatoms. The average Bonchev–Trinajstić information content (AvgIpc) is 2.41. The van der Waals surface area contributed by atoms with Gasteiger partial charge in [0.15, 0.2) is 0 Å². The van der Waals surface area contributed by atoms with E-state index >= 15 is 0 Å². The van der Waals surface area contributed by atoms with E-state index < -0.39 is 0 Å². The molecule has 2 aliphatic rings. The van der Waals surface area contributed by atoms with Gasteiger partial charge in [-0.1, -0.05) is 43.7 Å². The average molecular weight is 264 g/mol. The molecule has 18 heavy (non-hydrogen) atoms. The molecule has 1 aliphatic heterocycles. The normalized spacial score (nSPS) is 24.4. The molecule has 0 bridgehead atoms. The summed E-state index contributed by atoms with van der Waals surface area (Å²) in [5, 5.41) is 4.54. The van der Waals surface area contributed by atoms with Gasteiger partial charge in [0.25, 0.3) is 0 Å². The maximum atomic E-state index is 6.25. The summed E-state index contributed by atoms with van der Waals surface area (Å²) >= 11 is 6.25. The van der Waals surface area contributed by atoms with Crippen molar-refractivity contribution in [2.75, 3.05) is 11.9 Å². The topological polar surface area (TPSA) is 12.0 Å². The smallest absolute Gasteiger partial charge is 0.0439 e. The number of anilines is 1. The Labute approximate surface area is 115 Å². The number of fused-ring (bicyclic) bond motifs is 1. The standard InChI is InChI=1S/C16H22ClN/c1-11-7-16-13(9-15(11)17)8-14(10-18-16)12-5-3-2-4-6-12/h7,9,12,14,18H,2-6,8,10H2,1H3. The summed E-state index contributed by atoms with van der Waals surface area (Å²) in [6, 6.07) is 4.38. The van der Waals surface area contributed by atoms with Gasteiger partial charge in [-0.2, -0.15) is 0 Å². The molecular formula is C16H22ClN. The lowest BCUT2D eigenvalue weighted by atomic mass is 9.76. The third-order valence-electron chi connectivity index (χ3n) is 4.74. The van der Waals surface area contributed by atoms with Gasteiger partial charge in [-0.05, 0) is 48.4 Å². The molecule has 1 saturated carbocycles. The van der Waals surface area contributed by atoms with Crippen LogP contribution in [-0.2, 0) is 6.42 Å². The van der Waals surface area contributed by atoms with Gasteiger partial charge in [-0.25, -0.2) is 0 Å². The Morgan fingerprint density at radius 2 is 1.89 bits per heavy atom. The minimum Gasteiger partial charge on any atom is -0.385 e. The van der Waals surface area contributed by atoms with Gasteiger partial charge in [0.2, 0.25) is 0 Å². The Kier molecular flexibility index (Phi) is 3.52. The zero-order valence-corrected chi connectivity index (χ0v) is 11.9. The monoisotopic (exact) mass is 263 g/mol. The van der Waals surface area contributed by atoms with E-state index in [1.54, 1.807) is 0 Å². The first kappa shape index (κ1) is 12.3. The van der Waals surface area contributed by atoms with E-state index in [9.17, 15) is 0 Å². The van der Waals surface area contributed by atoms with Crippen LogP contribution in [0.1, 0.15) is 43.2 Å². The number of benzene rings is 1. The van der Waals surface area contributed by atoms with Crippen molar-refractivity contribution in [1.82, 2.24) is 0 Å². The van der Waals surface area contributed by atoms with Crippen molar-refractivity contribution in [3.8, 4) is 0 Å². The highest BCUT2D eigenvalue weighted by molar-refractivity contribution is 6.31. The lowest BCUT2D eigenvalue weighted by Crippen LogP contribution is -2.30. The molecule has 1 N–H and O–H groups in total. The van der Waals surface area contributed by atoms with Gasteiger partial charge in [-0.3, -0.25) is 0 Å². The van der Waals surface area contributed by atoms with Crippen molar-refractivity contribution < 1.29 is 0 Å². The van der Waals surface area contributed by atoms with Crippen molar-refractivity contribution in [3.63, 3.8) is 0 Å². The Balaban J connectivity index is 1.77. The predicted molar refractivity (Wildman–Crippen MR) is 78.4 cm³/mol. The second kappa shape index (κ2) is 5.13. The van der Waals surface area contributed by atoms with Gasteiger partial charge in [0.05, 0.1) is 0 Å². The summed E-state index contributed by atoms with van der Waals surface area (Å²) in [4.78, 5) is 0. The third-order valence-corrected chi connectivity index (χ3v) is 5.14. The molecule has 98 valence electrons. The molecule has 0 aromatic heterocycles. The molecule has 1 aliphatic carbocycles. The molecule has 0 spiro atoms. The number of aryl methyl sites for hydroxylation is 1. The van der Waals surface area contributed by atoms with Gasteiger partial charge in [0.1, 0.15) is 0 Å². The van der Waals surface area contributed by atoms with Crippen LogP contribution in [0.15, 0.2) is 12.1 Å². The minimum absolute atomic E-state index is 0.816. The second-order valence-corrected chi connectivity index (χ2v) is 6.41. The highest BCUT2D eigenvalue weighted by atomic mass is 35.5. The molecule has 0 saturated heterocycles. The molecule has 1 atom stereocenters. The highest BCUT2D eigenvalue weighted by Gasteiger charge is 2.27. The van der Waals surface area contributed by atoms with Crippen LogP contribution in [0, 0.1) is 18.8 Å². The van der Waals surface area contributed by atoms with Crippen LogP contribution in [0.25, 0.3) is 0 Å². The van der Waals surface area contributed by atoms with Crippen molar-refractivity contribution in [2.24, 2.45) is 11.8 Å². The van der Waals surface area contributed by atoms with Gasteiger partial charge < -0.3 is 5.32 Å². The van der Waals surface area contributed by atoms with Crippen molar-refractivity contribution in [1.29, 1.82) is 0 Å². The fourth-order valence-corrected chi connectivity index (χ4v) is 3.78. The number of halogens is 1. The first-order chi connectivity index (χ1) is 8.74. The van der Waals surface area contributed by atoms with E-state index in [4.69, 9.17) is 11.6 Å². The summed E-state index contributed by atoms with van der Waals surface area (Å²) in [5.74, 6) is 1.75. The summed E-state index contributed by atoms with van der Waals surface area (Å²) in [6.45, 7) is 3.23. The fourth-order valence-electron chi connectivity index (χ4n) is 3.59. The first-order valence-electron chi connectivity index (χ1n) is 7.27. The maximum absolute atomic E-state index is 6.25. The molecule has 1 unspecified atom stereocenters. The second-order valence-electron chi connectivity index (χ2n) is 6.00. The molecule has 1 nitrogen and oxygen atoms in total. The van der Waals surface area contributed by atoms with Crippen LogP contribution >= 0.6 is 11.6 Å². The van der Waals surface area contributed by atoms with E-state index in [2.05, 4.69) is 24.4 Å². The summed E-state index contributed by atoms with van der Waals surface area (Å²) in [5.41, 5.74) is 3.91. The number of rotatable bonds is 1. The van der Waals surface area contributed by atoms with Crippen molar-refractivity contribution >= 4 is 17.3 Å². The van der Waals surface area contributed by atoms with E-state index in [1.807, 2.05) is 0 Å². The van der Waals surface area contributed by atoms with Crippen LogP contribution in [0.3, 0.4) is 0 Å². The van der Waals surface area contributed by atoms with Crippen LogP contribution in [0.2, 0.25) is 5.02 Å². The van der Waals surface area contributed by atoms with Crippen LogP contribution in [0.5, 0.6) is 0 Å². The highest BCUT2D eigenvalue weighted by Crippen LogP contribution is 2.37. The Morgan fingerprint density at radius 1 is 1.11 bits per heavy atom. The van der Waals surface area contributed by atoms with E-state index in [0.29, 0.717) is 0 Å². The third kappa shape index (κ3) is 2.38. The molecule has 3 rings (SSSR count). The van der Waals surface area contributed by atoms with Crippen LogP contribution in [-0.4, -0.2) is 6.54 Å². The SMILES string of the molecule is Cc1cc2c(cc1Cl)CC(C1CCCCC1)CN2. The molecule has 1 heterocycles. The largest absolute Gasteiger partial charge is 0.385 e. The first-order valence-corrected chi connectivity index (χ1v) is 7.65. The predicted octanol–water partition coefficient (Wildman–Crippen LogP) is 4.81. The summed E-state index contributed by atoms with van der Waals surface area (Å²) < 4.78 is 0. The zero-order valence-electron chi connectivity index (χ0n) is 11.1. The van der Waals surface area contributed by atoms with Crippen LogP contribution < -0.4 is 5.32 Å². The van der Waals surface area contributed by atoms with Crippen molar-refractivity contribution in [2.45, 2.75) is 45.4 Å². The Hall–Kier alpha value is -0.690. The summed E-state index contributed by atoms with van der Waals surface area (Å²) in [7, 11) is 0. The molecular weight excluding hydrogens is 242 g/mol. The molecule has 1 aromatic carbocycles. The quantitative estimate of drug-likeness (QED) is 0.767. The Bertz CT molecular complexity index is 435. The molecule has 0 amide bonds. The minimum atomic E-state index is 0.816. The van der Waals surface area contributed by atoms with Gasteiger partial charge >= 0.3 is 0 Å². The fraction of sp³-hybridized carbons (Fsp3) is 0.625. The van der Waals surface area contributed by atoms with E-state index in [1.165, 1.54) is 55.3 Å². The number of hydrogen-bond acceptors (Lipinski definition) is 1. The van der Waals surface area contributed by atoms with Gasteiger partial charge in [0, 0.05) is 17.3 Å². The van der Waals surface area contributed by atoms with E-state index in [-0.39, 0.29) is 0 Å². The number of hydrogen-bond donors (Lipinski definition) is 1. The summed E-state index contributed by atoms with van der Waals surface area (Å²) in [6.07, 6.45) is 8.39. The maximum Gasteiger partial charge on any atom is 0.0439 e. The number of nitrogens with one attached hydrogen (secondary N) is 1. The lowest BCUT2D eigenvalue weighted by Gasteiger charge is -2.34. The van der Waals surface area contributed by atoms with Crippen molar-refractivity contribution in [3.05, 3.63) is 28.3 Å². The Morgan fingerprint density at radius 3 is 2.67 bits per heavy atom. The lowest BCUT2D eigenvalue weighted by molar-refractivity contribution is 0.252. The van der Waals surface area contributed by atoms with E-state index in [0.717, 1.165) is 23.4 Å². The molecule has 1 fully saturated rings. The van der Waals surface area contributed by atoms with Gasteiger partial charge in [-0.15, -0.1) is 0 Å². The molecule has 1 aromatic rings.